The van der Waals surface area contributed by atoms with E-state index in [0.29, 0.717) is 5.76 Å². The molecule has 3 nitrogen and oxygen atoms in total. The summed E-state index contributed by atoms with van der Waals surface area (Å²) in [5.41, 5.74) is 0. The number of hydrogen-bond donors (Lipinski definition) is 1. The molecule has 0 radical (unpaired) electrons. The van der Waals surface area contributed by atoms with Crippen molar-refractivity contribution in [2.24, 2.45) is 0 Å². The van der Waals surface area contributed by atoms with Crippen LogP contribution < -0.4 is 0 Å². The molecule has 1 amide bonds. The Bertz CT molecular complexity index is 272. The number of amides is 1. The van der Waals surface area contributed by atoms with Crippen LogP contribution in [-0.2, 0) is 9.53 Å². The van der Waals surface area contributed by atoms with Crippen molar-refractivity contribution in [3.8, 4) is 0 Å². The average Bonchev–Trinajstić information content (AvgIpc) is 2.26. The SMILES string of the molecule is CC.CC/C(S)=C/C1=CN(C)C(=O)CO1. The molecular formula is C11H19NO2S. The number of allylic oxidation sites excluding steroid dienone is 2. The zero-order valence-electron chi connectivity index (χ0n) is 9.78. The van der Waals surface area contributed by atoms with E-state index in [9.17, 15) is 4.79 Å². The maximum Gasteiger partial charge on any atom is 0.264 e. The largest absolute Gasteiger partial charge is 0.482 e. The number of likely N-dealkylation sites (N-methyl/N-ethyl adjacent to an activating group) is 1. The third kappa shape index (κ3) is 4.93. The number of thiol groups is 1. The number of ether oxygens (including phenoxy) is 1. The Morgan fingerprint density at radius 2 is 2.27 bits per heavy atom. The molecule has 15 heavy (non-hydrogen) atoms. The lowest BCUT2D eigenvalue weighted by atomic mass is 10.3. The molecule has 0 aromatic heterocycles. The molecule has 0 unspecified atom stereocenters. The van der Waals surface area contributed by atoms with Gasteiger partial charge in [-0.15, -0.1) is 12.6 Å². The van der Waals surface area contributed by atoms with Gasteiger partial charge in [-0.2, -0.15) is 0 Å². The Balaban J connectivity index is 0.000000921. The Kier molecular flexibility index (Phi) is 6.96. The molecule has 1 heterocycles. The lowest BCUT2D eigenvalue weighted by Crippen LogP contribution is -2.29. The third-order valence-corrected chi connectivity index (χ3v) is 2.19. The summed E-state index contributed by atoms with van der Waals surface area (Å²) in [5.74, 6) is 0.656. The van der Waals surface area contributed by atoms with Crippen LogP contribution in [0.2, 0.25) is 0 Å². The van der Waals surface area contributed by atoms with Gasteiger partial charge in [0.1, 0.15) is 5.76 Å². The molecule has 0 saturated heterocycles. The van der Waals surface area contributed by atoms with Crippen molar-refractivity contribution >= 4 is 18.5 Å². The van der Waals surface area contributed by atoms with E-state index in [1.165, 1.54) is 4.90 Å². The van der Waals surface area contributed by atoms with Gasteiger partial charge in [-0.05, 0) is 17.4 Å². The van der Waals surface area contributed by atoms with E-state index >= 15 is 0 Å². The first-order valence-electron chi connectivity index (χ1n) is 5.13. The van der Waals surface area contributed by atoms with Crippen molar-refractivity contribution in [2.75, 3.05) is 13.7 Å². The van der Waals surface area contributed by atoms with E-state index in [1.54, 1.807) is 13.2 Å². The van der Waals surface area contributed by atoms with E-state index in [1.807, 2.05) is 26.8 Å². The first-order valence-corrected chi connectivity index (χ1v) is 5.58. The second-order valence-corrected chi connectivity index (χ2v) is 3.39. The minimum Gasteiger partial charge on any atom is -0.482 e. The maximum absolute atomic E-state index is 11.0. The molecule has 1 rings (SSSR count). The molecule has 0 aromatic rings. The highest BCUT2D eigenvalue weighted by Crippen LogP contribution is 2.14. The number of hydrogen-bond acceptors (Lipinski definition) is 3. The van der Waals surface area contributed by atoms with Crippen LogP contribution in [0.4, 0.5) is 0 Å². The van der Waals surface area contributed by atoms with Gasteiger partial charge in [0.05, 0.1) is 0 Å². The number of nitrogens with zero attached hydrogens (tertiary/aromatic N) is 1. The van der Waals surface area contributed by atoms with Crippen LogP contribution in [0.15, 0.2) is 22.9 Å². The van der Waals surface area contributed by atoms with Crippen molar-refractivity contribution in [3.63, 3.8) is 0 Å². The quantitative estimate of drug-likeness (QED) is 0.737. The average molecular weight is 229 g/mol. The summed E-state index contributed by atoms with van der Waals surface area (Å²) in [6.45, 7) is 6.13. The van der Waals surface area contributed by atoms with E-state index < -0.39 is 0 Å². The highest BCUT2D eigenvalue weighted by atomic mass is 32.1. The Labute approximate surface area is 97.2 Å². The van der Waals surface area contributed by atoms with Crippen LogP contribution in [0.5, 0.6) is 0 Å². The summed E-state index contributed by atoms with van der Waals surface area (Å²) >= 11 is 4.23. The van der Waals surface area contributed by atoms with Gasteiger partial charge in [0.15, 0.2) is 6.61 Å². The maximum atomic E-state index is 11.0. The predicted octanol–water partition coefficient (Wildman–Crippen LogP) is 2.57. The fourth-order valence-corrected chi connectivity index (χ4v) is 1.02. The monoisotopic (exact) mass is 229 g/mol. The first-order chi connectivity index (χ1) is 7.13. The van der Waals surface area contributed by atoms with Gasteiger partial charge in [-0.1, -0.05) is 20.8 Å². The molecule has 0 N–H and O–H groups in total. The summed E-state index contributed by atoms with van der Waals surface area (Å²) < 4.78 is 5.18. The van der Waals surface area contributed by atoms with E-state index in [4.69, 9.17) is 4.74 Å². The molecule has 86 valence electrons. The molecule has 0 aliphatic carbocycles. The number of rotatable bonds is 2. The summed E-state index contributed by atoms with van der Waals surface area (Å²) in [7, 11) is 1.71. The molecule has 0 saturated carbocycles. The first kappa shape index (κ1) is 14.1. The topological polar surface area (TPSA) is 29.5 Å². The summed E-state index contributed by atoms with van der Waals surface area (Å²) in [4.78, 5) is 13.5. The minimum absolute atomic E-state index is 0.0330. The van der Waals surface area contributed by atoms with Crippen molar-refractivity contribution < 1.29 is 9.53 Å². The molecule has 4 heteroatoms. The molecule has 1 aliphatic heterocycles. The second-order valence-electron chi connectivity index (χ2n) is 2.81. The Morgan fingerprint density at radius 1 is 1.67 bits per heavy atom. The normalized spacial score (nSPS) is 16.3. The van der Waals surface area contributed by atoms with Gasteiger partial charge in [0.2, 0.25) is 0 Å². The van der Waals surface area contributed by atoms with Gasteiger partial charge in [-0.3, -0.25) is 4.79 Å². The summed E-state index contributed by atoms with van der Waals surface area (Å²) in [5, 5.41) is 0. The Morgan fingerprint density at radius 3 is 2.73 bits per heavy atom. The van der Waals surface area contributed by atoms with Crippen molar-refractivity contribution in [1.82, 2.24) is 4.90 Å². The van der Waals surface area contributed by atoms with Crippen LogP contribution >= 0.6 is 12.6 Å². The van der Waals surface area contributed by atoms with Crippen molar-refractivity contribution in [2.45, 2.75) is 27.2 Å². The Hall–Kier alpha value is -0.900. The molecule has 0 spiro atoms. The highest BCUT2D eigenvalue weighted by molar-refractivity contribution is 7.84. The molecule has 1 aliphatic rings. The molecule has 0 fully saturated rings. The van der Waals surface area contributed by atoms with Crippen molar-refractivity contribution in [3.05, 3.63) is 22.9 Å². The molecule has 0 aromatic carbocycles. The van der Waals surface area contributed by atoms with Gasteiger partial charge in [-0.25, -0.2) is 0 Å². The van der Waals surface area contributed by atoms with E-state index in [-0.39, 0.29) is 12.5 Å². The zero-order chi connectivity index (χ0) is 11.8. The van der Waals surface area contributed by atoms with E-state index in [2.05, 4.69) is 12.6 Å². The van der Waals surface area contributed by atoms with Crippen LogP contribution in [0.3, 0.4) is 0 Å². The van der Waals surface area contributed by atoms with Gasteiger partial charge >= 0.3 is 0 Å². The van der Waals surface area contributed by atoms with Gasteiger partial charge in [0.25, 0.3) is 5.91 Å². The second kappa shape index (κ2) is 7.40. The predicted molar refractivity (Wildman–Crippen MR) is 65.5 cm³/mol. The summed E-state index contributed by atoms with van der Waals surface area (Å²) in [6.07, 6.45) is 4.35. The van der Waals surface area contributed by atoms with Crippen molar-refractivity contribution in [1.29, 1.82) is 0 Å². The number of carbonyl (C=O) groups excluding carboxylic acids is 1. The summed E-state index contributed by atoms with van der Waals surface area (Å²) in [6, 6.07) is 0. The molecule has 0 bridgehead atoms. The fraction of sp³-hybridized carbons (Fsp3) is 0.545. The molecular weight excluding hydrogens is 210 g/mol. The van der Waals surface area contributed by atoms with Gasteiger partial charge < -0.3 is 9.64 Å². The lowest BCUT2D eigenvalue weighted by Gasteiger charge is -2.20. The van der Waals surface area contributed by atoms with Gasteiger partial charge in [0, 0.05) is 13.2 Å². The van der Waals surface area contributed by atoms with Crippen LogP contribution in [0.25, 0.3) is 0 Å². The zero-order valence-corrected chi connectivity index (χ0v) is 10.7. The minimum atomic E-state index is -0.0330. The smallest absolute Gasteiger partial charge is 0.264 e. The van der Waals surface area contributed by atoms with E-state index in [0.717, 1.165) is 11.3 Å². The van der Waals surface area contributed by atoms with Crippen LogP contribution in [0, 0.1) is 0 Å². The molecule has 0 atom stereocenters. The van der Waals surface area contributed by atoms with Crippen LogP contribution in [0.1, 0.15) is 27.2 Å². The fourth-order valence-electron chi connectivity index (χ4n) is 0.892. The lowest BCUT2D eigenvalue weighted by molar-refractivity contribution is -0.132. The standard InChI is InChI=1S/C9H13NO2S.C2H6/c1-3-8(13)4-7-5-10(2)9(11)6-12-7;1-2/h4-5,13H,3,6H2,1-2H3;1-2H3/b8-4-;. The highest BCUT2D eigenvalue weighted by Gasteiger charge is 2.14. The number of carbonyl (C=O) groups is 1. The third-order valence-electron chi connectivity index (χ3n) is 1.75. The van der Waals surface area contributed by atoms with Crippen LogP contribution in [-0.4, -0.2) is 24.5 Å².